The lowest BCUT2D eigenvalue weighted by molar-refractivity contribution is 0.0516. The van der Waals surface area contributed by atoms with Gasteiger partial charge in [0.1, 0.15) is 6.17 Å². The van der Waals surface area contributed by atoms with E-state index in [-0.39, 0.29) is 0 Å². The summed E-state index contributed by atoms with van der Waals surface area (Å²) in [6.07, 6.45) is 1.66. The molecule has 0 bridgehead atoms. The van der Waals surface area contributed by atoms with Gasteiger partial charge in [0, 0.05) is 19.0 Å². The minimum Gasteiger partial charge on any atom is -0.424 e. The highest BCUT2D eigenvalue weighted by Gasteiger charge is 2.31. The third kappa shape index (κ3) is 1.52. The van der Waals surface area contributed by atoms with Gasteiger partial charge in [-0.15, -0.1) is 10.2 Å². The van der Waals surface area contributed by atoms with Crippen LogP contribution in [0.5, 0.6) is 0 Å². The van der Waals surface area contributed by atoms with Crippen LogP contribution in [0, 0.1) is 0 Å². The Balaban J connectivity index is 1.60. The Morgan fingerprint density at radius 2 is 2.14 bits per heavy atom. The summed E-state index contributed by atoms with van der Waals surface area (Å²) < 4.78 is 18.0. The molecule has 0 amide bonds. The van der Waals surface area contributed by atoms with Crippen molar-refractivity contribution in [3.05, 3.63) is 11.8 Å². The van der Waals surface area contributed by atoms with Gasteiger partial charge in [-0.05, 0) is 12.8 Å². The van der Waals surface area contributed by atoms with Crippen LogP contribution in [0.25, 0.3) is 0 Å². The molecule has 1 saturated carbocycles. The molecule has 76 valence electrons. The molecule has 14 heavy (non-hydrogen) atoms. The Hall–Kier alpha value is -0.970. The minimum absolute atomic E-state index is 0.501. The van der Waals surface area contributed by atoms with Gasteiger partial charge < -0.3 is 4.42 Å². The Morgan fingerprint density at radius 3 is 2.79 bits per heavy atom. The highest BCUT2D eigenvalue weighted by atomic mass is 19.1. The summed E-state index contributed by atoms with van der Waals surface area (Å²) >= 11 is 0. The lowest BCUT2D eigenvalue weighted by Gasteiger charge is -2.32. The number of hydrogen-bond acceptors (Lipinski definition) is 4. The van der Waals surface area contributed by atoms with Crippen LogP contribution in [0.4, 0.5) is 4.39 Å². The second kappa shape index (κ2) is 3.02. The molecule has 0 spiro atoms. The summed E-state index contributed by atoms with van der Waals surface area (Å²) in [6.45, 7) is 1.60. The van der Waals surface area contributed by atoms with Crippen LogP contribution in [-0.2, 0) is 6.54 Å². The third-order valence-corrected chi connectivity index (χ3v) is 2.68. The molecule has 1 saturated heterocycles. The first-order valence-electron chi connectivity index (χ1n) is 5.00. The molecular formula is C9H12FN3O. The van der Waals surface area contributed by atoms with Crippen LogP contribution in [-0.4, -0.2) is 34.4 Å². The van der Waals surface area contributed by atoms with Gasteiger partial charge in [0.05, 0.1) is 6.54 Å². The van der Waals surface area contributed by atoms with Crippen molar-refractivity contribution in [2.24, 2.45) is 0 Å². The van der Waals surface area contributed by atoms with E-state index in [9.17, 15) is 4.39 Å². The number of aromatic nitrogens is 2. The zero-order valence-corrected chi connectivity index (χ0v) is 7.82. The zero-order chi connectivity index (χ0) is 9.54. The lowest BCUT2D eigenvalue weighted by atomic mass is 10.2. The summed E-state index contributed by atoms with van der Waals surface area (Å²) in [6, 6.07) is 0. The van der Waals surface area contributed by atoms with Gasteiger partial charge in [0.25, 0.3) is 0 Å². The van der Waals surface area contributed by atoms with E-state index >= 15 is 0 Å². The van der Waals surface area contributed by atoms with Crippen molar-refractivity contribution >= 4 is 0 Å². The predicted octanol–water partition coefficient (Wildman–Crippen LogP) is 1.10. The van der Waals surface area contributed by atoms with Gasteiger partial charge >= 0.3 is 0 Å². The third-order valence-electron chi connectivity index (χ3n) is 2.68. The highest BCUT2D eigenvalue weighted by Crippen LogP contribution is 2.39. The summed E-state index contributed by atoms with van der Waals surface area (Å²) in [5.41, 5.74) is 0. The van der Waals surface area contributed by atoms with E-state index in [4.69, 9.17) is 4.42 Å². The van der Waals surface area contributed by atoms with E-state index in [0.29, 0.717) is 31.4 Å². The van der Waals surface area contributed by atoms with Crippen molar-refractivity contribution in [1.29, 1.82) is 0 Å². The van der Waals surface area contributed by atoms with E-state index in [1.165, 1.54) is 0 Å². The zero-order valence-electron chi connectivity index (χ0n) is 7.82. The molecule has 2 fully saturated rings. The van der Waals surface area contributed by atoms with Crippen LogP contribution < -0.4 is 0 Å². The fourth-order valence-electron chi connectivity index (χ4n) is 1.65. The molecule has 1 aliphatic heterocycles. The second-order valence-electron chi connectivity index (χ2n) is 4.10. The molecule has 1 aromatic heterocycles. The first-order valence-corrected chi connectivity index (χ1v) is 5.00. The molecule has 2 aliphatic rings. The number of halogens is 1. The fraction of sp³-hybridized carbons (Fsp3) is 0.778. The monoisotopic (exact) mass is 197 g/mol. The van der Waals surface area contributed by atoms with Crippen molar-refractivity contribution in [1.82, 2.24) is 15.1 Å². The van der Waals surface area contributed by atoms with Gasteiger partial charge in [-0.3, -0.25) is 4.90 Å². The molecular weight excluding hydrogens is 185 g/mol. The maximum atomic E-state index is 12.5. The average Bonchev–Trinajstić information content (AvgIpc) is 2.86. The molecule has 1 aromatic rings. The van der Waals surface area contributed by atoms with Gasteiger partial charge in [0.2, 0.25) is 11.8 Å². The summed E-state index contributed by atoms with van der Waals surface area (Å²) in [5, 5.41) is 7.92. The van der Waals surface area contributed by atoms with E-state index in [1.54, 1.807) is 0 Å². The van der Waals surface area contributed by atoms with E-state index in [1.807, 2.05) is 4.90 Å². The Morgan fingerprint density at radius 1 is 1.36 bits per heavy atom. The predicted molar refractivity (Wildman–Crippen MR) is 46.4 cm³/mol. The van der Waals surface area contributed by atoms with Crippen LogP contribution in [0.15, 0.2) is 4.42 Å². The number of nitrogens with zero attached hydrogens (tertiary/aromatic N) is 3. The standard InChI is InChI=1S/C9H12FN3O/c10-7-3-13(4-7)5-8-11-12-9(14-8)6-1-2-6/h6-7H,1-5H2. The first-order chi connectivity index (χ1) is 6.81. The normalized spacial score (nSPS) is 23.8. The Bertz CT molecular complexity index is 331. The van der Waals surface area contributed by atoms with Crippen molar-refractivity contribution in [2.75, 3.05) is 13.1 Å². The highest BCUT2D eigenvalue weighted by molar-refractivity contribution is 5.00. The van der Waals surface area contributed by atoms with Gasteiger partial charge in [0.15, 0.2) is 0 Å². The quantitative estimate of drug-likeness (QED) is 0.727. The minimum atomic E-state index is -0.666. The Labute approximate surface area is 81.1 Å². The maximum Gasteiger partial charge on any atom is 0.230 e. The molecule has 3 rings (SSSR count). The summed E-state index contributed by atoms with van der Waals surface area (Å²) in [7, 11) is 0. The molecule has 0 atom stereocenters. The van der Waals surface area contributed by atoms with Gasteiger partial charge in [-0.25, -0.2) is 4.39 Å². The lowest BCUT2D eigenvalue weighted by Crippen LogP contribution is -2.47. The molecule has 0 N–H and O–H groups in total. The van der Waals surface area contributed by atoms with Gasteiger partial charge in [-0.2, -0.15) is 0 Å². The molecule has 1 aliphatic carbocycles. The van der Waals surface area contributed by atoms with Gasteiger partial charge in [-0.1, -0.05) is 0 Å². The number of alkyl halides is 1. The largest absolute Gasteiger partial charge is 0.424 e. The summed E-state index contributed by atoms with van der Waals surface area (Å²) in [4.78, 5) is 1.97. The van der Waals surface area contributed by atoms with E-state index in [2.05, 4.69) is 10.2 Å². The molecule has 5 heteroatoms. The van der Waals surface area contributed by atoms with Crippen molar-refractivity contribution in [2.45, 2.75) is 31.5 Å². The SMILES string of the molecule is FC1CN(Cc2nnc(C3CC3)o2)C1. The molecule has 0 unspecified atom stereocenters. The summed E-state index contributed by atoms with van der Waals surface area (Å²) in [5.74, 6) is 1.89. The average molecular weight is 197 g/mol. The van der Waals surface area contributed by atoms with Crippen molar-refractivity contribution < 1.29 is 8.81 Å². The molecule has 4 nitrogen and oxygen atoms in total. The second-order valence-corrected chi connectivity index (χ2v) is 4.10. The molecule has 2 heterocycles. The number of rotatable bonds is 3. The molecule has 0 radical (unpaired) electrons. The van der Waals surface area contributed by atoms with E-state index in [0.717, 1.165) is 18.7 Å². The van der Waals surface area contributed by atoms with Crippen LogP contribution in [0.3, 0.4) is 0 Å². The smallest absolute Gasteiger partial charge is 0.230 e. The van der Waals surface area contributed by atoms with Crippen molar-refractivity contribution in [3.63, 3.8) is 0 Å². The first kappa shape index (κ1) is 8.35. The topological polar surface area (TPSA) is 42.2 Å². The molecule has 0 aromatic carbocycles. The van der Waals surface area contributed by atoms with E-state index < -0.39 is 6.17 Å². The number of hydrogen-bond donors (Lipinski definition) is 0. The van der Waals surface area contributed by atoms with Crippen LogP contribution >= 0.6 is 0 Å². The maximum absolute atomic E-state index is 12.5. The van der Waals surface area contributed by atoms with Crippen LogP contribution in [0.2, 0.25) is 0 Å². The van der Waals surface area contributed by atoms with Crippen molar-refractivity contribution in [3.8, 4) is 0 Å². The Kier molecular flexibility index (Phi) is 1.80. The fourth-order valence-corrected chi connectivity index (χ4v) is 1.65. The number of likely N-dealkylation sites (tertiary alicyclic amines) is 1. The van der Waals surface area contributed by atoms with Crippen LogP contribution in [0.1, 0.15) is 30.5 Å².